The Morgan fingerprint density at radius 1 is 1.25 bits per heavy atom. The number of oxazole rings is 1. The molecule has 2 amide bonds. The number of aryl methyl sites for hydroxylation is 2. The van der Waals surface area contributed by atoms with Crippen LogP contribution in [0.4, 0.5) is 19.0 Å². The first-order chi connectivity index (χ1) is 11.2. The third-order valence-electron chi connectivity index (χ3n) is 2.90. The van der Waals surface area contributed by atoms with Crippen molar-refractivity contribution in [1.82, 2.24) is 15.3 Å². The number of hydrogen-bond donors (Lipinski definition) is 2. The molecule has 0 atom stereocenters. The Hall–Kier alpha value is -2.91. The standard InChI is InChI=1S/C14H13F3N4O3/c1-7-11(20-8(2)24-7)12(22)19-6-9-3-4-10(18-5-9)21-13(23)14(15,16)17/h3-5H,6H2,1-2H3,(H,19,22)(H,18,21,23). The Kier molecular flexibility index (Phi) is 4.86. The summed E-state index contributed by atoms with van der Waals surface area (Å²) in [5.74, 6) is -2.04. The second-order valence-corrected chi connectivity index (χ2v) is 4.82. The topological polar surface area (TPSA) is 97.1 Å². The molecule has 0 bridgehead atoms. The van der Waals surface area contributed by atoms with Gasteiger partial charge in [-0.25, -0.2) is 9.97 Å². The first kappa shape index (κ1) is 17.4. The lowest BCUT2D eigenvalue weighted by Gasteiger charge is -2.08. The number of nitrogens with zero attached hydrogens (tertiary/aromatic N) is 2. The van der Waals surface area contributed by atoms with E-state index in [1.807, 2.05) is 0 Å². The molecule has 0 saturated carbocycles. The number of nitrogens with one attached hydrogen (secondary N) is 2. The van der Waals surface area contributed by atoms with Crippen molar-refractivity contribution in [2.24, 2.45) is 0 Å². The molecule has 0 radical (unpaired) electrons. The largest absolute Gasteiger partial charge is 0.471 e. The summed E-state index contributed by atoms with van der Waals surface area (Å²) in [6, 6.07) is 2.64. The molecule has 0 saturated heterocycles. The van der Waals surface area contributed by atoms with Crippen LogP contribution >= 0.6 is 0 Å². The van der Waals surface area contributed by atoms with Crippen LogP contribution in [0.25, 0.3) is 0 Å². The van der Waals surface area contributed by atoms with Gasteiger partial charge in [-0.1, -0.05) is 6.07 Å². The Morgan fingerprint density at radius 2 is 1.96 bits per heavy atom. The minimum atomic E-state index is -4.98. The average molecular weight is 342 g/mol. The molecule has 2 N–H and O–H groups in total. The zero-order chi connectivity index (χ0) is 17.9. The van der Waals surface area contributed by atoms with Gasteiger partial charge in [0.15, 0.2) is 11.6 Å². The molecule has 10 heteroatoms. The van der Waals surface area contributed by atoms with Gasteiger partial charge >= 0.3 is 12.1 Å². The van der Waals surface area contributed by atoms with Crippen molar-refractivity contribution in [3.63, 3.8) is 0 Å². The maximum Gasteiger partial charge on any atom is 0.471 e. The van der Waals surface area contributed by atoms with Gasteiger partial charge in [0.2, 0.25) is 0 Å². The summed E-state index contributed by atoms with van der Waals surface area (Å²) in [7, 11) is 0. The number of carbonyl (C=O) groups excluding carboxylic acids is 2. The third-order valence-corrected chi connectivity index (χ3v) is 2.90. The van der Waals surface area contributed by atoms with E-state index < -0.39 is 18.0 Å². The number of carbonyl (C=O) groups is 2. The quantitative estimate of drug-likeness (QED) is 0.887. The van der Waals surface area contributed by atoms with E-state index in [0.29, 0.717) is 17.2 Å². The number of alkyl halides is 3. The number of anilines is 1. The number of halogens is 3. The normalized spacial score (nSPS) is 11.2. The van der Waals surface area contributed by atoms with Crippen LogP contribution in [0.15, 0.2) is 22.7 Å². The molecule has 2 aromatic rings. The first-order valence-corrected chi connectivity index (χ1v) is 6.72. The molecule has 0 aromatic carbocycles. The van der Waals surface area contributed by atoms with Gasteiger partial charge < -0.3 is 15.1 Å². The molecule has 2 aromatic heterocycles. The fraction of sp³-hybridized carbons (Fsp3) is 0.286. The van der Waals surface area contributed by atoms with E-state index >= 15 is 0 Å². The van der Waals surface area contributed by atoms with E-state index in [4.69, 9.17) is 4.42 Å². The average Bonchev–Trinajstić information content (AvgIpc) is 2.84. The van der Waals surface area contributed by atoms with E-state index in [1.54, 1.807) is 19.2 Å². The smallest absolute Gasteiger partial charge is 0.445 e. The van der Waals surface area contributed by atoms with Crippen LogP contribution < -0.4 is 10.6 Å². The monoisotopic (exact) mass is 342 g/mol. The van der Waals surface area contributed by atoms with Crippen molar-refractivity contribution in [3.8, 4) is 0 Å². The van der Waals surface area contributed by atoms with Gasteiger partial charge in [0.05, 0.1) is 0 Å². The van der Waals surface area contributed by atoms with Crippen LogP contribution in [0.3, 0.4) is 0 Å². The maximum absolute atomic E-state index is 12.1. The molecule has 0 unspecified atom stereocenters. The highest BCUT2D eigenvalue weighted by Gasteiger charge is 2.38. The van der Waals surface area contributed by atoms with Crippen LogP contribution in [-0.4, -0.2) is 28.0 Å². The van der Waals surface area contributed by atoms with E-state index in [-0.39, 0.29) is 18.1 Å². The van der Waals surface area contributed by atoms with E-state index in [1.165, 1.54) is 18.3 Å². The zero-order valence-electron chi connectivity index (χ0n) is 12.7. The van der Waals surface area contributed by atoms with Gasteiger partial charge in [-0.15, -0.1) is 0 Å². The van der Waals surface area contributed by atoms with E-state index in [2.05, 4.69) is 15.3 Å². The molecular weight excluding hydrogens is 329 g/mol. The molecule has 7 nitrogen and oxygen atoms in total. The van der Waals surface area contributed by atoms with Crippen LogP contribution in [0, 0.1) is 13.8 Å². The van der Waals surface area contributed by atoms with Crippen molar-refractivity contribution in [1.29, 1.82) is 0 Å². The molecule has 0 aliphatic rings. The predicted molar refractivity (Wildman–Crippen MR) is 76.1 cm³/mol. The van der Waals surface area contributed by atoms with E-state index in [9.17, 15) is 22.8 Å². The SMILES string of the molecule is Cc1nc(C(=O)NCc2ccc(NC(=O)C(F)(F)F)nc2)c(C)o1. The molecular formula is C14H13F3N4O3. The molecule has 128 valence electrons. The Labute approximate surface area is 134 Å². The maximum atomic E-state index is 12.1. The summed E-state index contributed by atoms with van der Waals surface area (Å²) in [5.41, 5.74) is 0.695. The van der Waals surface area contributed by atoms with Crippen molar-refractivity contribution in [2.75, 3.05) is 5.32 Å². The molecule has 0 aliphatic heterocycles. The fourth-order valence-corrected chi connectivity index (χ4v) is 1.80. The molecule has 0 aliphatic carbocycles. The Balaban J connectivity index is 1.93. The Morgan fingerprint density at radius 3 is 2.46 bits per heavy atom. The van der Waals surface area contributed by atoms with Gasteiger partial charge in [-0.05, 0) is 18.6 Å². The molecule has 0 spiro atoms. The van der Waals surface area contributed by atoms with E-state index in [0.717, 1.165) is 0 Å². The van der Waals surface area contributed by atoms with Crippen LogP contribution in [-0.2, 0) is 11.3 Å². The number of amides is 2. The highest BCUT2D eigenvalue weighted by molar-refractivity contribution is 5.94. The van der Waals surface area contributed by atoms with Crippen LogP contribution in [0.1, 0.15) is 27.7 Å². The first-order valence-electron chi connectivity index (χ1n) is 6.72. The van der Waals surface area contributed by atoms with Crippen molar-refractivity contribution < 1.29 is 27.2 Å². The lowest BCUT2D eigenvalue weighted by atomic mass is 10.2. The zero-order valence-corrected chi connectivity index (χ0v) is 12.7. The van der Waals surface area contributed by atoms with Gasteiger partial charge in [0.1, 0.15) is 11.6 Å². The fourth-order valence-electron chi connectivity index (χ4n) is 1.80. The van der Waals surface area contributed by atoms with Gasteiger partial charge in [-0.2, -0.15) is 13.2 Å². The molecule has 24 heavy (non-hydrogen) atoms. The lowest BCUT2D eigenvalue weighted by Crippen LogP contribution is -2.30. The Bertz CT molecular complexity index is 754. The van der Waals surface area contributed by atoms with Crippen molar-refractivity contribution >= 4 is 17.6 Å². The predicted octanol–water partition coefficient (Wildman–Crippen LogP) is 2.12. The van der Waals surface area contributed by atoms with Crippen molar-refractivity contribution in [3.05, 3.63) is 41.2 Å². The number of pyridine rings is 1. The number of aromatic nitrogens is 2. The van der Waals surface area contributed by atoms with Crippen LogP contribution in [0.2, 0.25) is 0 Å². The number of hydrogen-bond acceptors (Lipinski definition) is 5. The number of rotatable bonds is 4. The highest BCUT2D eigenvalue weighted by Crippen LogP contribution is 2.17. The van der Waals surface area contributed by atoms with Gasteiger partial charge in [0.25, 0.3) is 5.91 Å². The summed E-state index contributed by atoms with van der Waals surface area (Å²) in [5, 5.41) is 4.21. The second-order valence-electron chi connectivity index (χ2n) is 4.82. The minimum Gasteiger partial charge on any atom is -0.445 e. The summed E-state index contributed by atoms with van der Waals surface area (Å²) in [6.45, 7) is 3.31. The summed E-state index contributed by atoms with van der Waals surface area (Å²) in [4.78, 5) is 30.3. The minimum absolute atomic E-state index is 0.0880. The van der Waals surface area contributed by atoms with Gasteiger partial charge in [0, 0.05) is 19.7 Å². The summed E-state index contributed by atoms with van der Waals surface area (Å²) < 4.78 is 41.5. The van der Waals surface area contributed by atoms with Crippen molar-refractivity contribution in [2.45, 2.75) is 26.6 Å². The lowest BCUT2D eigenvalue weighted by molar-refractivity contribution is -0.167. The third kappa shape index (κ3) is 4.31. The highest BCUT2D eigenvalue weighted by atomic mass is 19.4. The molecule has 0 fully saturated rings. The van der Waals surface area contributed by atoms with Crippen LogP contribution in [0.5, 0.6) is 0 Å². The summed E-state index contributed by atoms with van der Waals surface area (Å²) >= 11 is 0. The molecule has 2 rings (SSSR count). The summed E-state index contributed by atoms with van der Waals surface area (Å²) in [6.07, 6.45) is -3.74. The molecule has 2 heterocycles. The van der Waals surface area contributed by atoms with Gasteiger partial charge in [-0.3, -0.25) is 9.59 Å². The second kappa shape index (κ2) is 6.69.